The summed E-state index contributed by atoms with van der Waals surface area (Å²) in [5.74, 6) is -0.396. The Labute approximate surface area is 149 Å². The Bertz CT molecular complexity index is 784. The van der Waals surface area contributed by atoms with Gasteiger partial charge in [0.25, 0.3) is 11.8 Å². The Morgan fingerprint density at radius 3 is 2.81 bits per heavy atom. The molecule has 2 atom stereocenters. The van der Waals surface area contributed by atoms with Crippen molar-refractivity contribution < 1.29 is 18.4 Å². The molecule has 2 saturated heterocycles. The van der Waals surface area contributed by atoms with Crippen LogP contribution >= 0.6 is 0 Å². The molecule has 0 aromatic carbocycles. The first-order valence-electron chi connectivity index (χ1n) is 8.78. The van der Waals surface area contributed by atoms with Gasteiger partial charge in [-0.1, -0.05) is 5.21 Å². The summed E-state index contributed by atoms with van der Waals surface area (Å²) in [6, 6.07) is 1.22. The van der Waals surface area contributed by atoms with E-state index in [1.165, 1.54) is 22.1 Å². The highest BCUT2D eigenvalue weighted by Crippen LogP contribution is 2.24. The van der Waals surface area contributed by atoms with Crippen LogP contribution in [0.25, 0.3) is 0 Å². The molecule has 2 aliphatic heterocycles. The summed E-state index contributed by atoms with van der Waals surface area (Å²) in [4.78, 5) is 28.1. The van der Waals surface area contributed by atoms with Crippen molar-refractivity contribution in [2.45, 2.75) is 38.0 Å². The predicted molar refractivity (Wildman–Crippen MR) is 88.2 cm³/mol. The van der Waals surface area contributed by atoms with Gasteiger partial charge >= 0.3 is 0 Å². The van der Waals surface area contributed by atoms with Gasteiger partial charge in [-0.15, -0.1) is 5.10 Å². The van der Waals surface area contributed by atoms with Crippen LogP contribution in [0.5, 0.6) is 0 Å². The number of hydrogen-bond acceptors (Lipinski definition) is 5. The summed E-state index contributed by atoms with van der Waals surface area (Å²) in [6.07, 6.45) is 5.51. The molecular formula is C17H20FN5O3. The van der Waals surface area contributed by atoms with Gasteiger partial charge in [0.05, 0.1) is 37.2 Å². The summed E-state index contributed by atoms with van der Waals surface area (Å²) in [7, 11) is 0. The van der Waals surface area contributed by atoms with Crippen LogP contribution in [-0.4, -0.2) is 68.5 Å². The molecule has 2 aliphatic rings. The van der Waals surface area contributed by atoms with Crippen molar-refractivity contribution in [1.82, 2.24) is 24.8 Å². The third-order valence-corrected chi connectivity index (χ3v) is 4.94. The molecule has 4 rings (SSSR count). The molecule has 26 heavy (non-hydrogen) atoms. The van der Waals surface area contributed by atoms with Gasteiger partial charge in [-0.25, -0.2) is 9.07 Å². The number of furan rings is 1. The predicted octanol–water partition coefficient (Wildman–Crippen LogP) is 1.36. The van der Waals surface area contributed by atoms with E-state index in [1.807, 2.05) is 0 Å². The first kappa shape index (κ1) is 16.7. The first-order valence-corrected chi connectivity index (χ1v) is 8.78. The number of halogens is 1. The van der Waals surface area contributed by atoms with Crippen LogP contribution < -0.4 is 0 Å². The zero-order chi connectivity index (χ0) is 18.1. The third kappa shape index (κ3) is 3.21. The van der Waals surface area contributed by atoms with Gasteiger partial charge in [0.15, 0.2) is 5.69 Å². The second kappa shape index (κ2) is 6.89. The van der Waals surface area contributed by atoms with Gasteiger partial charge in [0.2, 0.25) is 0 Å². The zero-order valence-electron chi connectivity index (χ0n) is 14.3. The first-order chi connectivity index (χ1) is 12.6. The molecule has 0 aliphatic carbocycles. The van der Waals surface area contributed by atoms with Gasteiger partial charge in [-0.05, 0) is 18.9 Å². The Hall–Kier alpha value is -2.71. The smallest absolute Gasteiger partial charge is 0.276 e. The number of nitrogens with zero attached hydrogens (tertiary/aromatic N) is 5. The van der Waals surface area contributed by atoms with Crippen molar-refractivity contribution in [3.63, 3.8) is 0 Å². The highest BCUT2D eigenvalue weighted by molar-refractivity contribution is 5.94. The maximum atomic E-state index is 13.9. The summed E-state index contributed by atoms with van der Waals surface area (Å²) in [6.45, 7) is 1.82. The monoisotopic (exact) mass is 361 g/mol. The van der Waals surface area contributed by atoms with Crippen LogP contribution in [0.1, 0.15) is 40.1 Å². The molecule has 0 radical (unpaired) electrons. The molecular weight excluding hydrogens is 341 g/mol. The normalized spacial score (nSPS) is 23.0. The maximum Gasteiger partial charge on any atom is 0.276 e. The van der Waals surface area contributed by atoms with E-state index in [9.17, 15) is 14.0 Å². The molecule has 2 aromatic heterocycles. The molecule has 138 valence electrons. The van der Waals surface area contributed by atoms with Crippen molar-refractivity contribution in [1.29, 1.82) is 0 Å². The number of hydrogen-bond donors (Lipinski definition) is 0. The number of rotatable bonds is 4. The minimum atomic E-state index is -1.08. The van der Waals surface area contributed by atoms with Crippen molar-refractivity contribution in [3.8, 4) is 0 Å². The van der Waals surface area contributed by atoms with E-state index in [4.69, 9.17) is 4.42 Å². The fourth-order valence-electron chi connectivity index (χ4n) is 3.62. The standard InChI is InChI=1S/C17H20FN5O3/c18-13-7-14(23(8-13)16(24)12-3-6-26-11-12)9-22-10-15(19-20-22)17(25)21-4-1-2-5-21/h3,6,10-11,13-14H,1-2,4-5,7-9H2/t13-,14-/m0/s1. The second-order valence-electron chi connectivity index (χ2n) is 6.78. The number of likely N-dealkylation sites (tertiary alicyclic amines) is 2. The van der Waals surface area contributed by atoms with Crippen molar-refractivity contribution in [2.75, 3.05) is 19.6 Å². The zero-order valence-corrected chi connectivity index (χ0v) is 14.3. The van der Waals surface area contributed by atoms with E-state index in [0.717, 1.165) is 25.9 Å². The van der Waals surface area contributed by atoms with Crippen LogP contribution in [-0.2, 0) is 6.54 Å². The van der Waals surface area contributed by atoms with E-state index < -0.39 is 6.17 Å². The Morgan fingerprint density at radius 2 is 2.08 bits per heavy atom. The lowest BCUT2D eigenvalue weighted by atomic mass is 10.2. The largest absolute Gasteiger partial charge is 0.472 e. The van der Waals surface area contributed by atoms with Gasteiger partial charge in [-0.3, -0.25) is 9.59 Å². The van der Waals surface area contributed by atoms with Gasteiger partial charge in [0, 0.05) is 19.5 Å². The maximum absolute atomic E-state index is 13.9. The third-order valence-electron chi connectivity index (χ3n) is 4.94. The molecule has 2 fully saturated rings. The van der Waals surface area contributed by atoms with E-state index in [0.29, 0.717) is 12.1 Å². The molecule has 0 saturated carbocycles. The van der Waals surface area contributed by atoms with Crippen LogP contribution in [0, 0.1) is 0 Å². The highest BCUT2D eigenvalue weighted by atomic mass is 19.1. The lowest BCUT2D eigenvalue weighted by Crippen LogP contribution is -2.38. The fraction of sp³-hybridized carbons (Fsp3) is 0.529. The van der Waals surface area contributed by atoms with Crippen LogP contribution in [0.4, 0.5) is 4.39 Å². The molecule has 2 amide bonds. The van der Waals surface area contributed by atoms with Crippen molar-refractivity contribution in [2.24, 2.45) is 0 Å². The lowest BCUT2D eigenvalue weighted by molar-refractivity contribution is 0.0712. The van der Waals surface area contributed by atoms with E-state index in [1.54, 1.807) is 17.2 Å². The average Bonchev–Trinajstić information content (AvgIpc) is 3.41. The molecule has 0 bridgehead atoms. The molecule has 0 unspecified atom stereocenters. The van der Waals surface area contributed by atoms with E-state index in [-0.39, 0.29) is 36.5 Å². The quantitative estimate of drug-likeness (QED) is 0.821. The van der Waals surface area contributed by atoms with Gasteiger partial charge < -0.3 is 14.2 Å². The van der Waals surface area contributed by atoms with Crippen molar-refractivity contribution in [3.05, 3.63) is 36.0 Å². The van der Waals surface area contributed by atoms with Gasteiger partial charge in [0.1, 0.15) is 12.4 Å². The molecule has 0 N–H and O–H groups in total. The fourth-order valence-corrected chi connectivity index (χ4v) is 3.62. The number of alkyl halides is 1. The van der Waals surface area contributed by atoms with E-state index in [2.05, 4.69) is 10.3 Å². The lowest BCUT2D eigenvalue weighted by Gasteiger charge is -2.23. The average molecular weight is 361 g/mol. The SMILES string of the molecule is O=C(c1cn(C[C@@H]2C[C@H](F)CN2C(=O)c2ccoc2)nn1)N1CCCC1. The summed E-state index contributed by atoms with van der Waals surface area (Å²) < 4.78 is 20.4. The second-order valence-corrected chi connectivity index (χ2v) is 6.78. The van der Waals surface area contributed by atoms with E-state index >= 15 is 0 Å². The molecule has 2 aromatic rings. The minimum Gasteiger partial charge on any atom is -0.472 e. The summed E-state index contributed by atoms with van der Waals surface area (Å²) >= 11 is 0. The highest BCUT2D eigenvalue weighted by Gasteiger charge is 2.36. The topological polar surface area (TPSA) is 84.5 Å². The molecule has 8 nitrogen and oxygen atoms in total. The number of amides is 2. The Kier molecular flexibility index (Phi) is 4.44. The number of aromatic nitrogens is 3. The van der Waals surface area contributed by atoms with Gasteiger partial charge in [-0.2, -0.15) is 0 Å². The molecule has 9 heteroatoms. The van der Waals surface area contributed by atoms with Crippen LogP contribution in [0.3, 0.4) is 0 Å². The van der Waals surface area contributed by atoms with Crippen molar-refractivity contribution >= 4 is 11.8 Å². The summed E-state index contributed by atoms with van der Waals surface area (Å²) in [5, 5.41) is 7.95. The van der Waals surface area contributed by atoms with Crippen LogP contribution in [0.2, 0.25) is 0 Å². The number of carbonyl (C=O) groups excluding carboxylic acids is 2. The Balaban J connectivity index is 1.45. The summed E-state index contributed by atoms with van der Waals surface area (Å²) in [5.41, 5.74) is 0.682. The molecule has 4 heterocycles. The Morgan fingerprint density at radius 1 is 1.27 bits per heavy atom. The van der Waals surface area contributed by atoms with Crippen LogP contribution in [0.15, 0.2) is 29.2 Å². The number of carbonyl (C=O) groups is 2. The minimum absolute atomic E-state index is 0.0446. The molecule has 0 spiro atoms.